The van der Waals surface area contributed by atoms with Crippen LogP contribution in [0.3, 0.4) is 0 Å². The van der Waals surface area contributed by atoms with Crippen LogP contribution in [0.1, 0.15) is 75.8 Å². The van der Waals surface area contributed by atoms with Crippen molar-refractivity contribution in [3.8, 4) is 0 Å². The van der Waals surface area contributed by atoms with Crippen molar-refractivity contribution >= 4 is 0 Å². The Kier molecular flexibility index (Phi) is 6.15. The Labute approximate surface area is 172 Å². The van der Waals surface area contributed by atoms with Gasteiger partial charge in [-0.05, 0) is 96.1 Å². The molecular weight excluding hydrogens is 344 g/mol. The SMILES string of the molecule is Cc1ccccc1CC1(O)C(N2CCCCC2)CCCC1(C)N1CCCCC1. The van der Waals surface area contributed by atoms with Gasteiger partial charge in [0.2, 0.25) is 0 Å². The highest BCUT2D eigenvalue weighted by Crippen LogP contribution is 2.47. The number of nitrogens with zero attached hydrogens (tertiary/aromatic N) is 2. The van der Waals surface area contributed by atoms with Crippen molar-refractivity contribution in [2.45, 2.75) is 95.2 Å². The highest BCUT2D eigenvalue weighted by molar-refractivity contribution is 5.30. The average Bonchev–Trinajstić information content (AvgIpc) is 2.73. The number of piperidine rings is 2. The quantitative estimate of drug-likeness (QED) is 0.825. The van der Waals surface area contributed by atoms with Crippen LogP contribution >= 0.6 is 0 Å². The molecule has 2 heterocycles. The molecule has 0 radical (unpaired) electrons. The molecule has 3 atom stereocenters. The maximum atomic E-state index is 12.6. The molecule has 1 saturated carbocycles. The molecule has 3 unspecified atom stereocenters. The van der Waals surface area contributed by atoms with E-state index >= 15 is 0 Å². The molecule has 3 heteroatoms. The van der Waals surface area contributed by atoms with Crippen LogP contribution in [0, 0.1) is 6.92 Å². The fourth-order valence-electron chi connectivity index (χ4n) is 6.39. The van der Waals surface area contributed by atoms with E-state index in [4.69, 9.17) is 0 Å². The Balaban J connectivity index is 1.72. The van der Waals surface area contributed by atoms with Crippen molar-refractivity contribution in [2.75, 3.05) is 26.2 Å². The summed E-state index contributed by atoms with van der Waals surface area (Å²) < 4.78 is 0. The lowest BCUT2D eigenvalue weighted by Gasteiger charge is -2.61. The van der Waals surface area contributed by atoms with E-state index in [1.54, 1.807) is 0 Å². The number of likely N-dealkylation sites (tertiary alicyclic amines) is 2. The zero-order valence-electron chi connectivity index (χ0n) is 18.1. The van der Waals surface area contributed by atoms with Crippen LogP contribution in [0.2, 0.25) is 0 Å². The number of benzene rings is 1. The van der Waals surface area contributed by atoms with Crippen molar-refractivity contribution in [1.82, 2.24) is 9.80 Å². The van der Waals surface area contributed by atoms with Crippen LogP contribution in [-0.2, 0) is 6.42 Å². The molecule has 0 spiro atoms. The van der Waals surface area contributed by atoms with Gasteiger partial charge in [-0.15, -0.1) is 0 Å². The fraction of sp³-hybridized carbons (Fsp3) is 0.760. The van der Waals surface area contributed by atoms with Crippen molar-refractivity contribution in [1.29, 1.82) is 0 Å². The van der Waals surface area contributed by atoms with E-state index in [-0.39, 0.29) is 11.6 Å². The van der Waals surface area contributed by atoms with Gasteiger partial charge >= 0.3 is 0 Å². The number of hydrogen-bond acceptors (Lipinski definition) is 3. The monoisotopic (exact) mass is 384 g/mol. The normalized spacial score (nSPS) is 35.8. The molecule has 1 aliphatic carbocycles. The number of aliphatic hydroxyl groups is 1. The van der Waals surface area contributed by atoms with Crippen molar-refractivity contribution < 1.29 is 5.11 Å². The first-order valence-electron chi connectivity index (χ1n) is 11.8. The van der Waals surface area contributed by atoms with Gasteiger partial charge in [-0.1, -0.05) is 37.1 Å². The maximum Gasteiger partial charge on any atom is 0.102 e. The van der Waals surface area contributed by atoms with E-state index in [9.17, 15) is 5.11 Å². The maximum absolute atomic E-state index is 12.6. The molecule has 3 nitrogen and oxygen atoms in total. The number of hydrogen-bond donors (Lipinski definition) is 1. The molecule has 2 aliphatic heterocycles. The van der Waals surface area contributed by atoms with Crippen molar-refractivity contribution in [3.05, 3.63) is 35.4 Å². The van der Waals surface area contributed by atoms with Crippen LogP contribution in [-0.4, -0.2) is 58.3 Å². The van der Waals surface area contributed by atoms with Gasteiger partial charge < -0.3 is 5.11 Å². The van der Waals surface area contributed by atoms with Gasteiger partial charge in [-0.2, -0.15) is 0 Å². The summed E-state index contributed by atoms with van der Waals surface area (Å²) in [5.41, 5.74) is 1.83. The van der Waals surface area contributed by atoms with Crippen LogP contribution in [0.15, 0.2) is 24.3 Å². The smallest absolute Gasteiger partial charge is 0.102 e. The summed E-state index contributed by atoms with van der Waals surface area (Å²) in [5.74, 6) is 0. The first-order chi connectivity index (χ1) is 13.5. The zero-order chi connectivity index (χ0) is 19.6. The molecule has 1 aromatic rings. The largest absolute Gasteiger partial charge is 0.386 e. The summed E-state index contributed by atoms with van der Waals surface area (Å²) in [6.07, 6.45) is 12.1. The summed E-state index contributed by atoms with van der Waals surface area (Å²) in [4.78, 5) is 5.33. The first-order valence-corrected chi connectivity index (χ1v) is 11.8. The lowest BCUT2D eigenvalue weighted by atomic mass is 9.62. The highest BCUT2D eigenvalue weighted by Gasteiger charge is 2.58. The van der Waals surface area contributed by atoms with E-state index in [2.05, 4.69) is 47.9 Å². The predicted octanol–water partition coefficient (Wildman–Crippen LogP) is 4.55. The summed E-state index contributed by atoms with van der Waals surface area (Å²) in [6.45, 7) is 9.23. The average molecular weight is 385 g/mol. The predicted molar refractivity (Wildman–Crippen MR) is 117 cm³/mol. The minimum absolute atomic E-state index is 0.129. The van der Waals surface area contributed by atoms with Crippen molar-refractivity contribution in [3.63, 3.8) is 0 Å². The fourth-order valence-corrected chi connectivity index (χ4v) is 6.39. The number of rotatable bonds is 4. The lowest BCUT2D eigenvalue weighted by molar-refractivity contribution is -0.177. The molecule has 1 N–H and O–H groups in total. The Morgan fingerprint density at radius 2 is 1.57 bits per heavy atom. The second-order valence-corrected chi connectivity index (χ2v) is 9.85. The Hall–Kier alpha value is -0.900. The third kappa shape index (κ3) is 3.66. The first kappa shape index (κ1) is 20.4. The van der Waals surface area contributed by atoms with Gasteiger partial charge in [0.15, 0.2) is 0 Å². The second-order valence-electron chi connectivity index (χ2n) is 9.85. The standard InChI is InChI=1S/C25H40N2O/c1-21-12-5-6-13-22(21)20-25(28)23(26-16-7-3-8-17-26)14-11-15-24(25,2)27-18-9-4-10-19-27/h5-6,12-13,23,28H,3-4,7-11,14-20H2,1-2H3. The molecular formula is C25H40N2O. The van der Waals surface area contributed by atoms with E-state index in [0.717, 1.165) is 45.4 Å². The number of aryl methyl sites for hydroxylation is 1. The van der Waals surface area contributed by atoms with Gasteiger partial charge in [-0.25, -0.2) is 0 Å². The highest BCUT2D eigenvalue weighted by atomic mass is 16.3. The van der Waals surface area contributed by atoms with Crippen LogP contribution in [0.25, 0.3) is 0 Å². The summed E-state index contributed by atoms with van der Waals surface area (Å²) in [5, 5.41) is 12.6. The topological polar surface area (TPSA) is 26.7 Å². The Bertz CT molecular complexity index is 650. The molecule has 3 aliphatic rings. The minimum atomic E-state index is -0.688. The molecule has 4 rings (SSSR count). The Morgan fingerprint density at radius 3 is 2.25 bits per heavy atom. The second kappa shape index (κ2) is 8.45. The summed E-state index contributed by atoms with van der Waals surface area (Å²) >= 11 is 0. The van der Waals surface area contributed by atoms with E-state index in [0.29, 0.717) is 0 Å². The third-order valence-corrected chi connectivity index (χ3v) is 8.23. The van der Waals surface area contributed by atoms with Crippen LogP contribution in [0.5, 0.6) is 0 Å². The van der Waals surface area contributed by atoms with Gasteiger partial charge in [0.1, 0.15) is 5.60 Å². The molecule has 3 fully saturated rings. The lowest BCUT2D eigenvalue weighted by Crippen LogP contribution is -2.74. The van der Waals surface area contributed by atoms with E-state index in [1.807, 2.05) is 0 Å². The van der Waals surface area contributed by atoms with Gasteiger partial charge in [-0.3, -0.25) is 9.80 Å². The summed E-state index contributed by atoms with van der Waals surface area (Å²) in [6, 6.07) is 8.99. The van der Waals surface area contributed by atoms with Gasteiger partial charge in [0.05, 0.1) is 0 Å². The summed E-state index contributed by atoms with van der Waals surface area (Å²) in [7, 11) is 0. The molecule has 0 aromatic heterocycles. The molecule has 2 saturated heterocycles. The zero-order valence-corrected chi connectivity index (χ0v) is 18.1. The molecule has 156 valence electrons. The third-order valence-electron chi connectivity index (χ3n) is 8.23. The van der Waals surface area contributed by atoms with Gasteiger partial charge in [0, 0.05) is 18.0 Å². The molecule has 0 amide bonds. The van der Waals surface area contributed by atoms with Crippen LogP contribution in [0.4, 0.5) is 0 Å². The van der Waals surface area contributed by atoms with Crippen molar-refractivity contribution in [2.24, 2.45) is 0 Å². The molecule has 28 heavy (non-hydrogen) atoms. The molecule has 1 aromatic carbocycles. The van der Waals surface area contributed by atoms with Gasteiger partial charge in [0.25, 0.3) is 0 Å². The molecule has 0 bridgehead atoms. The van der Waals surface area contributed by atoms with E-state index < -0.39 is 5.60 Å². The van der Waals surface area contributed by atoms with E-state index in [1.165, 1.54) is 56.1 Å². The Morgan fingerprint density at radius 1 is 0.929 bits per heavy atom. The van der Waals surface area contributed by atoms with Crippen LogP contribution < -0.4 is 0 Å². The minimum Gasteiger partial charge on any atom is -0.386 e.